The summed E-state index contributed by atoms with van der Waals surface area (Å²) in [6, 6.07) is 65.5. The first-order chi connectivity index (χ1) is 27.7. The lowest BCUT2D eigenvalue weighted by molar-refractivity contribution is 0.670. The van der Waals surface area contributed by atoms with Gasteiger partial charge in [-0.25, -0.2) is 15.0 Å². The fourth-order valence-corrected chi connectivity index (χ4v) is 9.10. The molecule has 0 bridgehead atoms. The molecule has 0 N–H and O–H groups in total. The van der Waals surface area contributed by atoms with Crippen LogP contribution in [0.5, 0.6) is 0 Å². The van der Waals surface area contributed by atoms with Gasteiger partial charge in [0.2, 0.25) is 0 Å². The zero-order chi connectivity index (χ0) is 37.0. The van der Waals surface area contributed by atoms with Crippen molar-refractivity contribution in [2.75, 3.05) is 0 Å². The third kappa shape index (κ3) is 5.48. The lowest BCUT2D eigenvalue weighted by Crippen LogP contribution is -2.00. The molecule has 0 fully saturated rings. The van der Waals surface area contributed by atoms with Gasteiger partial charge in [0.1, 0.15) is 11.2 Å². The van der Waals surface area contributed by atoms with E-state index in [9.17, 15) is 0 Å². The molecule has 0 saturated heterocycles. The summed E-state index contributed by atoms with van der Waals surface area (Å²) in [5.41, 5.74) is 11.1. The van der Waals surface area contributed by atoms with Crippen molar-refractivity contribution in [1.82, 2.24) is 15.0 Å². The Balaban J connectivity index is 1.10. The van der Waals surface area contributed by atoms with Gasteiger partial charge in [-0.15, -0.1) is 11.3 Å². The lowest BCUT2D eigenvalue weighted by atomic mass is 9.95. The second kappa shape index (κ2) is 13.3. The monoisotopic (exact) mass is 733 g/mol. The molecule has 0 aliphatic carbocycles. The predicted octanol–water partition coefficient (Wildman–Crippen LogP) is 14.1. The molecule has 11 rings (SSSR count). The normalized spacial score (nSPS) is 11.6. The second-order valence-corrected chi connectivity index (χ2v) is 15.0. The third-order valence-electron chi connectivity index (χ3n) is 10.6. The Morgan fingerprint density at radius 3 is 1.66 bits per heavy atom. The molecule has 56 heavy (non-hydrogen) atoms. The van der Waals surface area contributed by atoms with Gasteiger partial charge in [0, 0.05) is 53.2 Å². The molecular weight excluding hydrogens is 703 g/mol. The van der Waals surface area contributed by atoms with E-state index < -0.39 is 0 Å². The van der Waals surface area contributed by atoms with E-state index in [2.05, 4.69) is 133 Å². The van der Waals surface area contributed by atoms with Gasteiger partial charge in [0.25, 0.3) is 0 Å². The number of aromatic nitrogens is 3. The summed E-state index contributed by atoms with van der Waals surface area (Å²) in [5, 5.41) is 4.57. The molecule has 262 valence electrons. The molecule has 0 saturated carbocycles. The van der Waals surface area contributed by atoms with Gasteiger partial charge in [-0.1, -0.05) is 164 Å². The van der Waals surface area contributed by atoms with Gasteiger partial charge in [0.15, 0.2) is 17.5 Å². The second-order valence-electron chi connectivity index (χ2n) is 13.9. The Kier molecular flexibility index (Phi) is 7.64. The number of hydrogen-bond acceptors (Lipinski definition) is 5. The largest absolute Gasteiger partial charge is 0.455 e. The van der Waals surface area contributed by atoms with Gasteiger partial charge < -0.3 is 4.42 Å². The summed E-state index contributed by atoms with van der Waals surface area (Å²) < 4.78 is 9.35. The van der Waals surface area contributed by atoms with Crippen LogP contribution in [0.3, 0.4) is 0 Å². The van der Waals surface area contributed by atoms with Crippen LogP contribution in [0.2, 0.25) is 0 Å². The number of benzene rings is 8. The molecule has 0 unspecified atom stereocenters. The molecule has 0 amide bonds. The van der Waals surface area contributed by atoms with Crippen molar-refractivity contribution in [3.8, 4) is 67.5 Å². The van der Waals surface area contributed by atoms with Gasteiger partial charge >= 0.3 is 0 Å². The number of furan rings is 1. The van der Waals surface area contributed by atoms with E-state index in [0.717, 1.165) is 66.4 Å². The Morgan fingerprint density at radius 2 is 0.911 bits per heavy atom. The number of nitrogens with zero attached hydrogens (tertiary/aromatic N) is 3. The van der Waals surface area contributed by atoms with E-state index >= 15 is 0 Å². The van der Waals surface area contributed by atoms with Crippen molar-refractivity contribution < 1.29 is 4.42 Å². The van der Waals surface area contributed by atoms with Gasteiger partial charge in [0.05, 0.1) is 0 Å². The van der Waals surface area contributed by atoms with Crippen LogP contribution in [0.25, 0.3) is 110 Å². The van der Waals surface area contributed by atoms with Crippen molar-refractivity contribution in [3.05, 3.63) is 188 Å². The molecular formula is C51H31N3OS. The highest BCUT2D eigenvalue weighted by molar-refractivity contribution is 7.26. The Labute approximate surface area is 327 Å². The quantitative estimate of drug-likeness (QED) is 0.171. The van der Waals surface area contributed by atoms with Crippen LogP contribution in [-0.4, -0.2) is 15.0 Å². The van der Waals surface area contributed by atoms with Crippen LogP contribution >= 0.6 is 11.3 Å². The topological polar surface area (TPSA) is 51.8 Å². The van der Waals surface area contributed by atoms with Crippen LogP contribution in [-0.2, 0) is 0 Å². The summed E-state index contributed by atoms with van der Waals surface area (Å²) >= 11 is 1.84. The molecule has 0 radical (unpaired) electrons. The first-order valence-corrected chi connectivity index (χ1v) is 19.5. The van der Waals surface area contributed by atoms with Crippen LogP contribution < -0.4 is 0 Å². The fourth-order valence-electron chi connectivity index (χ4n) is 7.86. The van der Waals surface area contributed by atoms with E-state index in [1.54, 1.807) is 0 Å². The zero-order valence-corrected chi connectivity index (χ0v) is 30.9. The van der Waals surface area contributed by atoms with Crippen molar-refractivity contribution in [2.24, 2.45) is 0 Å². The number of fused-ring (bicyclic) bond motifs is 6. The summed E-state index contributed by atoms with van der Waals surface area (Å²) in [6.07, 6.45) is 0. The van der Waals surface area contributed by atoms with E-state index in [4.69, 9.17) is 19.4 Å². The summed E-state index contributed by atoms with van der Waals surface area (Å²) in [7, 11) is 0. The molecule has 3 aromatic heterocycles. The van der Waals surface area contributed by atoms with Gasteiger partial charge in [-0.3, -0.25) is 0 Å². The molecule has 0 spiro atoms. The van der Waals surface area contributed by atoms with Crippen LogP contribution in [0.4, 0.5) is 0 Å². The summed E-state index contributed by atoms with van der Waals surface area (Å²) in [6.45, 7) is 0. The van der Waals surface area contributed by atoms with Crippen molar-refractivity contribution in [2.45, 2.75) is 0 Å². The maximum atomic E-state index is 6.76. The minimum absolute atomic E-state index is 0.590. The first-order valence-electron chi connectivity index (χ1n) is 18.7. The number of rotatable bonds is 6. The smallest absolute Gasteiger partial charge is 0.164 e. The predicted molar refractivity (Wildman–Crippen MR) is 233 cm³/mol. The van der Waals surface area contributed by atoms with Gasteiger partial charge in [-0.2, -0.15) is 0 Å². The third-order valence-corrected chi connectivity index (χ3v) is 11.8. The minimum Gasteiger partial charge on any atom is -0.455 e. The minimum atomic E-state index is 0.590. The standard InChI is InChI=1S/C51H31N3OS/c1-4-14-32(15-5-1)37-30-42(33-16-6-2-7-17-33)47-43(31-37)46-41(23-13-24-44(46)55-47)51-53-49(35-18-8-3-9-19-35)52-50(54-51)36-28-26-34(27-29-36)38-21-12-22-40-39-20-10-11-25-45(39)56-48(38)40/h1-31H. The molecule has 0 atom stereocenters. The van der Waals surface area contributed by atoms with Crippen molar-refractivity contribution in [3.63, 3.8) is 0 Å². The van der Waals surface area contributed by atoms with E-state index in [-0.39, 0.29) is 0 Å². The molecule has 4 nitrogen and oxygen atoms in total. The Hall–Kier alpha value is -7.21. The van der Waals surface area contributed by atoms with Gasteiger partial charge in [-0.05, 0) is 52.1 Å². The molecule has 0 aliphatic heterocycles. The Morgan fingerprint density at radius 1 is 0.357 bits per heavy atom. The van der Waals surface area contributed by atoms with Crippen LogP contribution in [0, 0.1) is 0 Å². The van der Waals surface area contributed by atoms with Crippen LogP contribution in [0.15, 0.2) is 192 Å². The average molecular weight is 734 g/mol. The SMILES string of the molecule is c1ccc(-c2cc(-c3ccccc3)c3oc4cccc(-c5nc(-c6ccccc6)nc(-c6ccc(-c7cccc8c7sc7ccccc78)cc6)n5)c4c3c2)cc1. The van der Waals surface area contributed by atoms with Crippen LogP contribution in [0.1, 0.15) is 0 Å². The van der Waals surface area contributed by atoms with E-state index in [0.29, 0.717) is 17.5 Å². The Bertz CT molecular complexity index is 3230. The number of thiophene rings is 1. The summed E-state index contributed by atoms with van der Waals surface area (Å²) in [5.74, 6) is 1.82. The van der Waals surface area contributed by atoms with Crippen molar-refractivity contribution in [1.29, 1.82) is 0 Å². The molecule has 3 heterocycles. The number of hydrogen-bond donors (Lipinski definition) is 0. The van der Waals surface area contributed by atoms with E-state index in [1.165, 1.54) is 25.7 Å². The van der Waals surface area contributed by atoms with Crippen molar-refractivity contribution >= 4 is 53.4 Å². The highest BCUT2D eigenvalue weighted by Crippen LogP contribution is 2.43. The molecule has 11 aromatic rings. The highest BCUT2D eigenvalue weighted by Gasteiger charge is 2.21. The fraction of sp³-hybridized carbons (Fsp3) is 0. The zero-order valence-electron chi connectivity index (χ0n) is 30.1. The lowest BCUT2D eigenvalue weighted by Gasteiger charge is -2.11. The average Bonchev–Trinajstić information content (AvgIpc) is 3.86. The first kappa shape index (κ1) is 32.2. The maximum absolute atomic E-state index is 6.76. The highest BCUT2D eigenvalue weighted by atomic mass is 32.1. The molecule has 8 aromatic carbocycles. The summed E-state index contributed by atoms with van der Waals surface area (Å²) in [4.78, 5) is 15.4. The molecule has 0 aliphatic rings. The molecule has 5 heteroatoms. The van der Waals surface area contributed by atoms with E-state index in [1.807, 2.05) is 65.9 Å². The maximum Gasteiger partial charge on any atom is 0.164 e.